The van der Waals surface area contributed by atoms with Gasteiger partial charge in [-0.15, -0.1) is 0 Å². The number of pyridine rings is 1. The fourth-order valence-electron chi connectivity index (χ4n) is 1.87. The van der Waals surface area contributed by atoms with Gasteiger partial charge in [0.2, 0.25) is 0 Å². The minimum atomic E-state index is -1.08. The summed E-state index contributed by atoms with van der Waals surface area (Å²) in [5.74, 6) is 0.673. The van der Waals surface area contributed by atoms with Crippen LogP contribution in [0.2, 0.25) is 0 Å². The van der Waals surface area contributed by atoms with E-state index in [9.17, 15) is 5.11 Å². The molecule has 2 heterocycles. The summed E-state index contributed by atoms with van der Waals surface area (Å²) >= 11 is 0. The number of aliphatic hydroxyl groups is 1. The van der Waals surface area contributed by atoms with Gasteiger partial charge < -0.3 is 9.63 Å². The summed E-state index contributed by atoms with van der Waals surface area (Å²) in [7, 11) is 0. The van der Waals surface area contributed by atoms with Gasteiger partial charge in [-0.25, -0.2) is 0 Å². The minimum absolute atomic E-state index is 0.210. The van der Waals surface area contributed by atoms with Crippen LogP contribution in [0.4, 0.5) is 0 Å². The van der Waals surface area contributed by atoms with E-state index in [2.05, 4.69) is 10.1 Å². The molecule has 4 nitrogen and oxygen atoms in total. The number of nitrogens with zero attached hydrogens (tertiary/aromatic N) is 2. The highest BCUT2D eigenvalue weighted by Gasteiger charge is 2.30. The first-order valence-corrected chi connectivity index (χ1v) is 6.05. The van der Waals surface area contributed by atoms with E-state index in [4.69, 9.17) is 4.52 Å². The van der Waals surface area contributed by atoms with Crippen LogP contribution in [-0.2, 0) is 5.60 Å². The van der Waals surface area contributed by atoms with E-state index in [0.717, 1.165) is 17.0 Å². The molecule has 0 atom stereocenters. The summed E-state index contributed by atoms with van der Waals surface area (Å²) < 4.78 is 5.34. The molecule has 0 saturated carbocycles. The van der Waals surface area contributed by atoms with Crippen LogP contribution in [0.3, 0.4) is 0 Å². The van der Waals surface area contributed by atoms with Gasteiger partial charge in [0.1, 0.15) is 5.60 Å². The Balaban J connectivity index is 2.66. The highest BCUT2D eigenvalue weighted by atomic mass is 16.5. The lowest BCUT2D eigenvalue weighted by molar-refractivity contribution is 0.0481. The Labute approximate surface area is 107 Å². The Bertz CT molecular complexity index is 524. The van der Waals surface area contributed by atoms with Crippen LogP contribution in [-0.4, -0.2) is 15.2 Å². The summed E-state index contributed by atoms with van der Waals surface area (Å²) in [5.41, 5.74) is 1.33. The van der Waals surface area contributed by atoms with Crippen LogP contribution in [0.5, 0.6) is 0 Å². The summed E-state index contributed by atoms with van der Waals surface area (Å²) in [6, 6.07) is 5.66. The van der Waals surface area contributed by atoms with Gasteiger partial charge in [0.15, 0.2) is 5.76 Å². The molecule has 0 fully saturated rings. The third kappa shape index (κ3) is 2.29. The first-order valence-electron chi connectivity index (χ1n) is 6.05. The smallest absolute Gasteiger partial charge is 0.177 e. The molecular formula is C14H18N2O2. The molecule has 4 heteroatoms. The Kier molecular flexibility index (Phi) is 3.22. The van der Waals surface area contributed by atoms with Crippen molar-refractivity contribution in [3.63, 3.8) is 0 Å². The van der Waals surface area contributed by atoms with Gasteiger partial charge in [-0.1, -0.05) is 25.1 Å². The molecule has 0 unspecified atom stereocenters. The number of hydrogen-bond acceptors (Lipinski definition) is 4. The molecule has 2 aromatic rings. The maximum atomic E-state index is 10.2. The van der Waals surface area contributed by atoms with Crippen molar-refractivity contribution in [2.75, 3.05) is 0 Å². The lowest BCUT2D eigenvalue weighted by Crippen LogP contribution is -2.16. The van der Waals surface area contributed by atoms with Gasteiger partial charge in [0, 0.05) is 6.20 Å². The van der Waals surface area contributed by atoms with Crippen molar-refractivity contribution in [2.24, 2.45) is 0 Å². The molecule has 0 aromatic carbocycles. The van der Waals surface area contributed by atoms with E-state index in [1.165, 1.54) is 0 Å². The van der Waals surface area contributed by atoms with Gasteiger partial charge in [0.05, 0.1) is 17.0 Å². The topological polar surface area (TPSA) is 59.2 Å². The molecule has 1 N–H and O–H groups in total. The van der Waals surface area contributed by atoms with E-state index in [1.54, 1.807) is 20.0 Å². The Morgan fingerprint density at radius 2 is 2.00 bits per heavy atom. The van der Waals surface area contributed by atoms with E-state index < -0.39 is 5.60 Å². The predicted molar refractivity (Wildman–Crippen MR) is 69.1 cm³/mol. The molecule has 0 aliphatic carbocycles. The van der Waals surface area contributed by atoms with E-state index >= 15 is 0 Å². The van der Waals surface area contributed by atoms with Crippen LogP contribution < -0.4 is 0 Å². The molecule has 0 aliphatic heterocycles. The lowest BCUT2D eigenvalue weighted by atomic mass is 9.94. The lowest BCUT2D eigenvalue weighted by Gasteiger charge is -2.15. The fourth-order valence-corrected chi connectivity index (χ4v) is 1.87. The van der Waals surface area contributed by atoms with Gasteiger partial charge in [-0.05, 0) is 31.9 Å². The van der Waals surface area contributed by atoms with Crippen LogP contribution in [0.25, 0.3) is 11.3 Å². The largest absolute Gasteiger partial charge is 0.382 e. The van der Waals surface area contributed by atoms with Crippen molar-refractivity contribution in [3.05, 3.63) is 35.9 Å². The maximum absolute atomic E-state index is 10.2. The highest BCUT2D eigenvalue weighted by Crippen LogP contribution is 2.36. The van der Waals surface area contributed by atoms with Crippen molar-refractivity contribution in [3.8, 4) is 11.3 Å². The fraction of sp³-hybridized carbons (Fsp3) is 0.429. The van der Waals surface area contributed by atoms with Crippen LogP contribution in [0.1, 0.15) is 45.1 Å². The molecular weight excluding hydrogens is 228 g/mol. The standard InChI is InChI=1S/C14H18N2O2/c1-9(2)12-11(10-7-5-6-8-15-10)13(18-16-12)14(3,4)17/h5-9,17H,1-4H3. The molecule has 2 rings (SSSR count). The van der Waals surface area contributed by atoms with Gasteiger partial charge in [-0.2, -0.15) is 0 Å². The summed E-state index contributed by atoms with van der Waals surface area (Å²) in [5, 5.41) is 14.2. The average Bonchev–Trinajstić information content (AvgIpc) is 2.74. The molecule has 18 heavy (non-hydrogen) atoms. The van der Waals surface area contributed by atoms with E-state index in [0.29, 0.717) is 5.76 Å². The maximum Gasteiger partial charge on any atom is 0.177 e. The number of aromatic nitrogens is 2. The normalized spacial score (nSPS) is 12.1. The van der Waals surface area contributed by atoms with Crippen LogP contribution in [0.15, 0.2) is 28.9 Å². The number of hydrogen-bond donors (Lipinski definition) is 1. The van der Waals surface area contributed by atoms with E-state index in [1.807, 2.05) is 32.0 Å². The zero-order valence-electron chi connectivity index (χ0n) is 11.1. The average molecular weight is 246 g/mol. The molecule has 0 amide bonds. The summed E-state index contributed by atoms with van der Waals surface area (Å²) in [6.07, 6.45) is 1.72. The third-order valence-corrected chi connectivity index (χ3v) is 2.74. The van der Waals surface area contributed by atoms with Crippen molar-refractivity contribution < 1.29 is 9.63 Å². The predicted octanol–water partition coefficient (Wildman–Crippen LogP) is 3.09. The van der Waals surface area contributed by atoms with Gasteiger partial charge in [0.25, 0.3) is 0 Å². The molecule has 2 aromatic heterocycles. The zero-order chi connectivity index (χ0) is 13.3. The molecule has 0 saturated heterocycles. The van der Waals surface area contributed by atoms with E-state index in [-0.39, 0.29) is 5.92 Å². The molecule has 0 radical (unpaired) electrons. The van der Waals surface area contributed by atoms with Gasteiger partial charge >= 0.3 is 0 Å². The molecule has 0 bridgehead atoms. The Morgan fingerprint density at radius 1 is 1.28 bits per heavy atom. The monoisotopic (exact) mass is 246 g/mol. The second-order valence-corrected chi connectivity index (χ2v) is 5.20. The first-order chi connectivity index (χ1) is 8.41. The molecule has 96 valence electrons. The molecule has 0 spiro atoms. The zero-order valence-corrected chi connectivity index (χ0v) is 11.1. The van der Waals surface area contributed by atoms with Crippen molar-refractivity contribution >= 4 is 0 Å². The quantitative estimate of drug-likeness (QED) is 0.904. The Morgan fingerprint density at radius 3 is 2.50 bits per heavy atom. The SMILES string of the molecule is CC(C)c1noc(C(C)(C)O)c1-c1ccccn1. The first kappa shape index (κ1) is 12.8. The van der Waals surface area contributed by atoms with Gasteiger partial charge in [-0.3, -0.25) is 4.98 Å². The number of rotatable bonds is 3. The van der Waals surface area contributed by atoms with Crippen LogP contribution in [0, 0.1) is 0 Å². The second kappa shape index (κ2) is 4.53. The Hall–Kier alpha value is -1.68. The molecule has 0 aliphatic rings. The second-order valence-electron chi connectivity index (χ2n) is 5.20. The third-order valence-electron chi connectivity index (χ3n) is 2.74. The van der Waals surface area contributed by atoms with Crippen molar-refractivity contribution in [1.82, 2.24) is 10.1 Å². The van der Waals surface area contributed by atoms with Crippen molar-refractivity contribution in [1.29, 1.82) is 0 Å². The minimum Gasteiger partial charge on any atom is -0.382 e. The van der Waals surface area contributed by atoms with Crippen molar-refractivity contribution in [2.45, 2.75) is 39.2 Å². The summed E-state index contributed by atoms with van der Waals surface area (Å²) in [6.45, 7) is 7.45. The highest BCUT2D eigenvalue weighted by molar-refractivity contribution is 5.65. The van der Waals surface area contributed by atoms with Crippen LogP contribution >= 0.6 is 0 Å². The summed E-state index contributed by atoms with van der Waals surface area (Å²) in [4.78, 5) is 4.33.